The zero-order chi connectivity index (χ0) is 13.4. The lowest BCUT2D eigenvalue weighted by atomic mass is 9.78. The molecular formula is C12H22N2O3S. The molecule has 0 aromatic heterocycles. The summed E-state index contributed by atoms with van der Waals surface area (Å²) >= 11 is 0. The first-order valence-electron chi connectivity index (χ1n) is 6.58. The summed E-state index contributed by atoms with van der Waals surface area (Å²) in [6, 6.07) is 0. The molecule has 0 radical (unpaired) electrons. The van der Waals surface area contributed by atoms with Crippen molar-refractivity contribution in [1.82, 2.24) is 9.62 Å². The highest BCUT2D eigenvalue weighted by Gasteiger charge is 2.42. The molecule has 0 saturated carbocycles. The van der Waals surface area contributed by atoms with Gasteiger partial charge in [-0.15, -0.1) is 0 Å². The summed E-state index contributed by atoms with van der Waals surface area (Å²) in [5.74, 6) is 0.478. The van der Waals surface area contributed by atoms with Crippen LogP contribution in [-0.4, -0.2) is 44.0 Å². The maximum Gasteiger partial charge on any atom is 0.220 e. The van der Waals surface area contributed by atoms with Crippen LogP contribution in [0.1, 0.15) is 33.1 Å². The number of carbonyl (C=O) groups is 1. The van der Waals surface area contributed by atoms with Crippen LogP contribution in [0.5, 0.6) is 0 Å². The van der Waals surface area contributed by atoms with Gasteiger partial charge in [-0.05, 0) is 24.2 Å². The molecule has 0 aliphatic carbocycles. The summed E-state index contributed by atoms with van der Waals surface area (Å²) in [4.78, 5) is 11.3. The highest BCUT2D eigenvalue weighted by molar-refractivity contribution is 7.89. The van der Waals surface area contributed by atoms with Crippen molar-refractivity contribution in [1.29, 1.82) is 0 Å². The second-order valence-electron chi connectivity index (χ2n) is 6.02. The van der Waals surface area contributed by atoms with E-state index in [1.54, 1.807) is 4.31 Å². The first-order chi connectivity index (χ1) is 8.33. The largest absolute Gasteiger partial charge is 0.356 e. The number of hydrogen-bond acceptors (Lipinski definition) is 3. The fraction of sp³-hybridized carbons (Fsp3) is 0.917. The lowest BCUT2D eigenvalue weighted by Gasteiger charge is -2.37. The first-order valence-corrected chi connectivity index (χ1v) is 8.18. The van der Waals surface area contributed by atoms with Crippen molar-refractivity contribution < 1.29 is 13.2 Å². The Morgan fingerprint density at radius 1 is 1.33 bits per heavy atom. The van der Waals surface area contributed by atoms with Crippen molar-refractivity contribution in [3.05, 3.63) is 0 Å². The van der Waals surface area contributed by atoms with Gasteiger partial charge in [-0.1, -0.05) is 13.8 Å². The van der Waals surface area contributed by atoms with Gasteiger partial charge in [0, 0.05) is 26.1 Å². The minimum Gasteiger partial charge on any atom is -0.356 e. The van der Waals surface area contributed by atoms with E-state index in [0.717, 1.165) is 12.8 Å². The molecule has 0 atom stereocenters. The van der Waals surface area contributed by atoms with Crippen LogP contribution < -0.4 is 5.32 Å². The second kappa shape index (κ2) is 4.81. The third-order valence-corrected chi connectivity index (χ3v) is 6.16. The third-order valence-electron chi connectivity index (χ3n) is 3.92. The van der Waals surface area contributed by atoms with E-state index in [9.17, 15) is 13.2 Å². The molecule has 18 heavy (non-hydrogen) atoms. The summed E-state index contributed by atoms with van der Waals surface area (Å²) in [5, 5.41) is 2.86. The number of piperidine rings is 1. The average molecular weight is 274 g/mol. The number of sulfonamides is 1. The molecule has 2 saturated heterocycles. The fourth-order valence-electron chi connectivity index (χ4n) is 2.87. The van der Waals surface area contributed by atoms with Crippen LogP contribution in [0, 0.1) is 11.3 Å². The number of hydrogen-bond donors (Lipinski definition) is 1. The van der Waals surface area contributed by atoms with Gasteiger partial charge in [0.2, 0.25) is 15.9 Å². The number of carbonyl (C=O) groups excluding carboxylic acids is 1. The minimum atomic E-state index is -3.11. The summed E-state index contributed by atoms with van der Waals surface area (Å²) in [6.45, 7) is 5.67. The predicted molar refractivity (Wildman–Crippen MR) is 69.5 cm³/mol. The molecule has 1 spiro atoms. The van der Waals surface area contributed by atoms with Gasteiger partial charge in [-0.2, -0.15) is 0 Å². The van der Waals surface area contributed by atoms with Crippen molar-refractivity contribution in [3.8, 4) is 0 Å². The van der Waals surface area contributed by atoms with E-state index in [1.807, 2.05) is 13.8 Å². The predicted octanol–water partition coefficient (Wildman–Crippen LogP) is 0.574. The van der Waals surface area contributed by atoms with Crippen LogP contribution in [0.4, 0.5) is 0 Å². The molecule has 5 nitrogen and oxygen atoms in total. The monoisotopic (exact) mass is 274 g/mol. The second-order valence-corrected chi connectivity index (χ2v) is 8.04. The van der Waals surface area contributed by atoms with Gasteiger partial charge in [0.05, 0.1) is 5.75 Å². The van der Waals surface area contributed by atoms with Crippen molar-refractivity contribution in [2.45, 2.75) is 33.1 Å². The lowest BCUT2D eigenvalue weighted by molar-refractivity contribution is -0.119. The van der Waals surface area contributed by atoms with E-state index in [1.165, 1.54) is 0 Å². The molecule has 1 N–H and O–H groups in total. The normalized spacial score (nSPS) is 24.7. The van der Waals surface area contributed by atoms with Crippen LogP contribution in [0.15, 0.2) is 0 Å². The Morgan fingerprint density at radius 2 is 1.94 bits per heavy atom. The first kappa shape index (κ1) is 13.8. The third kappa shape index (κ3) is 2.85. The van der Waals surface area contributed by atoms with Crippen molar-refractivity contribution in [3.63, 3.8) is 0 Å². The summed E-state index contributed by atoms with van der Waals surface area (Å²) in [6.07, 6.45) is 2.15. The fourth-order valence-corrected chi connectivity index (χ4v) is 4.66. The Kier molecular flexibility index (Phi) is 3.69. The van der Waals surface area contributed by atoms with Gasteiger partial charge in [0.15, 0.2) is 0 Å². The van der Waals surface area contributed by atoms with Gasteiger partial charge >= 0.3 is 0 Å². The van der Waals surface area contributed by atoms with Gasteiger partial charge < -0.3 is 5.32 Å². The van der Waals surface area contributed by atoms with E-state index < -0.39 is 10.0 Å². The smallest absolute Gasteiger partial charge is 0.220 e. The van der Waals surface area contributed by atoms with Crippen LogP contribution in [0.2, 0.25) is 0 Å². The van der Waals surface area contributed by atoms with Crippen LogP contribution in [0.3, 0.4) is 0 Å². The van der Waals surface area contributed by atoms with Crippen LogP contribution >= 0.6 is 0 Å². The average Bonchev–Trinajstić information content (AvgIpc) is 2.59. The Labute approximate surface area is 109 Å². The summed E-state index contributed by atoms with van der Waals surface area (Å²) < 4.78 is 25.8. The van der Waals surface area contributed by atoms with Gasteiger partial charge in [0.1, 0.15) is 0 Å². The molecule has 0 bridgehead atoms. The molecular weight excluding hydrogens is 252 g/mol. The maximum absolute atomic E-state index is 12.1. The molecule has 1 amide bonds. The quantitative estimate of drug-likeness (QED) is 0.818. The topological polar surface area (TPSA) is 66.5 Å². The van der Waals surface area contributed by atoms with Crippen molar-refractivity contribution in [2.24, 2.45) is 11.3 Å². The zero-order valence-corrected chi connectivity index (χ0v) is 11.9. The number of amides is 1. The summed E-state index contributed by atoms with van der Waals surface area (Å²) in [5.41, 5.74) is 0.0148. The molecule has 2 aliphatic rings. The Hall–Kier alpha value is -0.620. The molecule has 6 heteroatoms. The maximum atomic E-state index is 12.1. The molecule has 2 heterocycles. The minimum absolute atomic E-state index is 0.0148. The molecule has 0 unspecified atom stereocenters. The van der Waals surface area contributed by atoms with Crippen LogP contribution in [-0.2, 0) is 14.8 Å². The van der Waals surface area contributed by atoms with E-state index in [-0.39, 0.29) is 23.0 Å². The lowest BCUT2D eigenvalue weighted by Crippen LogP contribution is -2.45. The number of nitrogens with zero attached hydrogens (tertiary/aromatic N) is 1. The molecule has 2 rings (SSSR count). The highest BCUT2D eigenvalue weighted by atomic mass is 32.2. The zero-order valence-electron chi connectivity index (χ0n) is 11.1. The SMILES string of the molecule is CC(C)CS(=O)(=O)N1CCC2(CC1)CNC(=O)C2. The Morgan fingerprint density at radius 3 is 2.39 bits per heavy atom. The molecule has 104 valence electrons. The van der Waals surface area contributed by atoms with E-state index >= 15 is 0 Å². The highest BCUT2D eigenvalue weighted by Crippen LogP contribution is 2.38. The van der Waals surface area contributed by atoms with Gasteiger partial charge in [-0.3, -0.25) is 4.79 Å². The number of rotatable bonds is 3. The number of nitrogens with one attached hydrogen (secondary N) is 1. The Bertz CT molecular complexity index is 423. The molecule has 0 aromatic carbocycles. The van der Waals surface area contributed by atoms with Gasteiger partial charge in [0.25, 0.3) is 0 Å². The molecule has 2 fully saturated rings. The van der Waals surface area contributed by atoms with E-state index in [2.05, 4.69) is 5.32 Å². The van der Waals surface area contributed by atoms with Crippen LogP contribution in [0.25, 0.3) is 0 Å². The van der Waals surface area contributed by atoms with E-state index in [4.69, 9.17) is 0 Å². The summed E-state index contributed by atoms with van der Waals surface area (Å²) in [7, 11) is -3.11. The standard InChI is InChI=1S/C12H22N2O3S/c1-10(2)8-18(16,17)14-5-3-12(4-6-14)7-11(15)13-9-12/h10H,3-9H2,1-2H3,(H,13,15). The van der Waals surface area contributed by atoms with E-state index in [0.29, 0.717) is 26.1 Å². The Balaban J connectivity index is 1.96. The van der Waals surface area contributed by atoms with Crippen molar-refractivity contribution >= 4 is 15.9 Å². The molecule has 2 aliphatic heterocycles. The van der Waals surface area contributed by atoms with Gasteiger partial charge in [-0.25, -0.2) is 12.7 Å². The van der Waals surface area contributed by atoms with Crippen molar-refractivity contribution in [2.75, 3.05) is 25.4 Å². The molecule has 0 aromatic rings.